The Labute approximate surface area is 120 Å². The highest BCUT2D eigenvalue weighted by molar-refractivity contribution is 9.10. The van der Waals surface area contributed by atoms with Gasteiger partial charge in [0.15, 0.2) is 0 Å². The van der Waals surface area contributed by atoms with E-state index in [1.807, 2.05) is 6.92 Å². The van der Waals surface area contributed by atoms with Crippen LogP contribution in [-0.4, -0.2) is 36.6 Å². The van der Waals surface area contributed by atoms with Crippen LogP contribution in [0.5, 0.6) is 0 Å². The van der Waals surface area contributed by atoms with Crippen LogP contribution in [0.1, 0.15) is 30.1 Å². The Bertz CT molecular complexity index is 494. The molecule has 19 heavy (non-hydrogen) atoms. The zero-order valence-corrected chi connectivity index (χ0v) is 12.7. The molecule has 1 aromatic rings. The minimum atomic E-state index is -0.405. The summed E-state index contributed by atoms with van der Waals surface area (Å²) in [5, 5.41) is 0. The van der Waals surface area contributed by atoms with Gasteiger partial charge in [-0.15, -0.1) is 0 Å². The Hall–Kier alpha value is -0.940. The fourth-order valence-corrected chi connectivity index (χ4v) is 2.79. The standard InChI is InChI=1S/C14H17BrFNO2/c1-14(19-2)6-3-7-17(9-14)13(18)11-8-10(16)4-5-12(11)15/h4-5,8H,3,6-7,9H2,1-2H3. The van der Waals surface area contributed by atoms with Gasteiger partial charge in [0.1, 0.15) is 5.82 Å². The van der Waals surface area contributed by atoms with Crippen LogP contribution < -0.4 is 0 Å². The number of piperidine rings is 1. The molecule has 104 valence electrons. The molecule has 1 amide bonds. The van der Waals surface area contributed by atoms with Crippen molar-refractivity contribution in [3.8, 4) is 0 Å². The lowest BCUT2D eigenvalue weighted by Crippen LogP contribution is -2.49. The van der Waals surface area contributed by atoms with Crippen LogP contribution in [0.3, 0.4) is 0 Å². The molecule has 2 rings (SSSR count). The van der Waals surface area contributed by atoms with Gasteiger partial charge >= 0.3 is 0 Å². The highest BCUT2D eigenvalue weighted by Crippen LogP contribution is 2.27. The van der Waals surface area contributed by atoms with Crippen LogP contribution in [0, 0.1) is 5.82 Å². The molecule has 0 radical (unpaired) electrons. The molecule has 1 aliphatic rings. The number of carbonyl (C=O) groups excluding carboxylic acids is 1. The molecule has 1 saturated heterocycles. The van der Waals surface area contributed by atoms with E-state index >= 15 is 0 Å². The molecule has 1 unspecified atom stereocenters. The fraction of sp³-hybridized carbons (Fsp3) is 0.500. The maximum Gasteiger partial charge on any atom is 0.255 e. The van der Waals surface area contributed by atoms with Gasteiger partial charge in [0.2, 0.25) is 0 Å². The zero-order valence-electron chi connectivity index (χ0n) is 11.1. The van der Waals surface area contributed by atoms with Crippen molar-refractivity contribution in [3.05, 3.63) is 34.1 Å². The lowest BCUT2D eigenvalue weighted by Gasteiger charge is -2.39. The molecule has 1 atom stereocenters. The Morgan fingerprint density at radius 2 is 2.26 bits per heavy atom. The molecule has 5 heteroatoms. The summed E-state index contributed by atoms with van der Waals surface area (Å²) in [7, 11) is 1.66. The quantitative estimate of drug-likeness (QED) is 0.833. The molecule has 3 nitrogen and oxygen atoms in total. The molecule has 0 N–H and O–H groups in total. The predicted octanol–water partition coefficient (Wildman–Crippen LogP) is 3.23. The first kappa shape index (κ1) is 14.5. The predicted molar refractivity (Wildman–Crippen MR) is 74.7 cm³/mol. The molecule has 0 bridgehead atoms. The van der Waals surface area contributed by atoms with Crippen LogP contribution in [0.2, 0.25) is 0 Å². The monoisotopic (exact) mass is 329 g/mol. The minimum absolute atomic E-state index is 0.158. The van der Waals surface area contributed by atoms with Crippen LogP contribution in [0.4, 0.5) is 4.39 Å². The second kappa shape index (κ2) is 5.59. The Balaban J connectivity index is 2.22. The maximum atomic E-state index is 13.3. The molecule has 0 aromatic heterocycles. The number of amides is 1. The number of benzene rings is 1. The lowest BCUT2D eigenvalue weighted by atomic mass is 9.94. The summed E-state index contributed by atoms with van der Waals surface area (Å²) in [5.74, 6) is -0.563. The van der Waals surface area contributed by atoms with Crippen LogP contribution in [0.25, 0.3) is 0 Å². The van der Waals surface area contributed by atoms with Gasteiger partial charge < -0.3 is 9.64 Å². The Morgan fingerprint density at radius 1 is 1.53 bits per heavy atom. The van der Waals surface area contributed by atoms with Crippen molar-refractivity contribution in [2.75, 3.05) is 20.2 Å². The van der Waals surface area contributed by atoms with E-state index in [4.69, 9.17) is 4.74 Å². The van der Waals surface area contributed by atoms with E-state index in [-0.39, 0.29) is 11.5 Å². The van der Waals surface area contributed by atoms with Gasteiger partial charge in [-0.05, 0) is 53.9 Å². The Morgan fingerprint density at radius 3 is 2.95 bits per heavy atom. The number of ether oxygens (including phenoxy) is 1. The molecular weight excluding hydrogens is 313 g/mol. The van der Waals surface area contributed by atoms with Crippen LogP contribution in [-0.2, 0) is 4.74 Å². The first-order chi connectivity index (χ1) is 8.95. The van der Waals surface area contributed by atoms with Gasteiger partial charge in [-0.3, -0.25) is 4.79 Å². The first-order valence-electron chi connectivity index (χ1n) is 6.25. The highest BCUT2D eigenvalue weighted by Gasteiger charge is 2.33. The molecule has 0 saturated carbocycles. The lowest BCUT2D eigenvalue weighted by molar-refractivity contribution is -0.0440. The molecule has 1 fully saturated rings. The summed E-state index contributed by atoms with van der Waals surface area (Å²) in [5.41, 5.74) is 0.0496. The number of rotatable bonds is 2. The topological polar surface area (TPSA) is 29.5 Å². The number of nitrogens with zero attached hydrogens (tertiary/aromatic N) is 1. The smallest absolute Gasteiger partial charge is 0.255 e. The van der Waals surface area contributed by atoms with Crippen molar-refractivity contribution in [1.29, 1.82) is 0 Å². The third-order valence-corrected chi connectivity index (χ3v) is 4.29. The van der Waals surface area contributed by atoms with Gasteiger partial charge in [0.25, 0.3) is 5.91 Å². The molecule has 1 aromatic carbocycles. The zero-order chi connectivity index (χ0) is 14.0. The van der Waals surface area contributed by atoms with E-state index in [9.17, 15) is 9.18 Å². The van der Waals surface area contributed by atoms with Gasteiger partial charge in [0, 0.05) is 24.7 Å². The van der Waals surface area contributed by atoms with E-state index in [1.165, 1.54) is 12.1 Å². The van der Waals surface area contributed by atoms with Crippen molar-refractivity contribution in [3.63, 3.8) is 0 Å². The molecule has 0 spiro atoms. The van der Waals surface area contributed by atoms with Crippen molar-refractivity contribution in [2.24, 2.45) is 0 Å². The number of methoxy groups -OCH3 is 1. The average Bonchev–Trinajstić information content (AvgIpc) is 2.41. The minimum Gasteiger partial charge on any atom is -0.377 e. The molecule has 1 aliphatic heterocycles. The third kappa shape index (κ3) is 3.15. The van der Waals surface area contributed by atoms with E-state index in [1.54, 1.807) is 18.1 Å². The van der Waals surface area contributed by atoms with Crippen molar-refractivity contribution in [1.82, 2.24) is 4.90 Å². The summed E-state index contributed by atoms with van der Waals surface area (Å²) in [6, 6.07) is 4.16. The van der Waals surface area contributed by atoms with Gasteiger partial charge in [-0.25, -0.2) is 4.39 Å². The fourth-order valence-electron chi connectivity index (χ4n) is 2.38. The van der Waals surface area contributed by atoms with Gasteiger partial charge in [-0.1, -0.05) is 0 Å². The maximum absolute atomic E-state index is 13.3. The van der Waals surface area contributed by atoms with E-state index in [0.717, 1.165) is 12.8 Å². The highest BCUT2D eigenvalue weighted by atomic mass is 79.9. The number of likely N-dealkylation sites (tertiary alicyclic amines) is 1. The Kier molecular flexibility index (Phi) is 4.26. The van der Waals surface area contributed by atoms with Crippen LogP contribution >= 0.6 is 15.9 Å². The number of hydrogen-bond acceptors (Lipinski definition) is 2. The summed E-state index contributed by atoms with van der Waals surface area (Å²) in [6.45, 7) is 3.21. The summed E-state index contributed by atoms with van der Waals surface area (Å²) in [6.07, 6.45) is 1.82. The summed E-state index contributed by atoms with van der Waals surface area (Å²) < 4.78 is 19.4. The van der Waals surface area contributed by atoms with Gasteiger partial charge in [-0.2, -0.15) is 0 Å². The molecule has 0 aliphatic carbocycles. The third-order valence-electron chi connectivity index (χ3n) is 3.60. The first-order valence-corrected chi connectivity index (χ1v) is 7.04. The van der Waals surface area contributed by atoms with E-state index < -0.39 is 5.82 Å². The summed E-state index contributed by atoms with van der Waals surface area (Å²) >= 11 is 3.30. The number of hydrogen-bond donors (Lipinski definition) is 0. The largest absolute Gasteiger partial charge is 0.377 e. The van der Waals surface area contributed by atoms with Crippen LogP contribution in [0.15, 0.2) is 22.7 Å². The average molecular weight is 330 g/mol. The van der Waals surface area contributed by atoms with Gasteiger partial charge in [0.05, 0.1) is 11.2 Å². The second-order valence-electron chi connectivity index (χ2n) is 5.11. The normalized spacial score (nSPS) is 23.5. The number of carbonyl (C=O) groups is 1. The second-order valence-corrected chi connectivity index (χ2v) is 5.96. The number of halogens is 2. The van der Waals surface area contributed by atoms with Crippen molar-refractivity contribution in [2.45, 2.75) is 25.4 Å². The van der Waals surface area contributed by atoms with E-state index in [0.29, 0.717) is 23.1 Å². The SMILES string of the molecule is COC1(C)CCCN(C(=O)c2cc(F)ccc2Br)C1. The molecular formula is C14H17BrFNO2. The van der Waals surface area contributed by atoms with Crippen molar-refractivity contribution >= 4 is 21.8 Å². The van der Waals surface area contributed by atoms with Crippen molar-refractivity contribution < 1.29 is 13.9 Å². The summed E-state index contributed by atoms with van der Waals surface area (Å²) in [4.78, 5) is 14.2. The van der Waals surface area contributed by atoms with E-state index in [2.05, 4.69) is 15.9 Å². The molecule has 1 heterocycles.